The molecule has 15 rings (SSSR count). The van der Waals surface area contributed by atoms with E-state index in [0.717, 1.165) is 66.6 Å². The van der Waals surface area contributed by atoms with Gasteiger partial charge >= 0.3 is 0 Å². The number of benzene rings is 13. The quantitative estimate of drug-likeness (QED) is 0.148. The molecule has 0 atom stereocenters. The van der Waals surface area contributed by atoms with Crippen molar-refractivity contribution in [2.24, 2.45) is 0 Å². The largest absolute Gasteiger partial charge is 0.455 e. The van der Waals surface area contributed by atoms with Crippen LogP contribution in [0.5, 0.6) is 0 Å². The van der Waals surface area contributed by atoms with Gasteiger partial charge in [-0.05, 0) is 130 Å². The lowest BCUT2D eigenvalue weighted by molar-refractivity contribution is 0.670. The minimum atomic E-state index is -0.557. The molecular formula is C71H45NO. The van der Waals surface area contributed by atoms with Crippen LogP contribution in [0.25, 0.3) is 98.4 Å². The van der Waals surface area contributed by atoms with Gasteiger partial charge in [0.15, 0.2) is 0 Å². The summed E-state index contributed by atoms with van der Waals surface area (Å²) in [7, 11) is 0. The highest BCUT2D eigenvalue weighted by Gasteiger charge is 2.46. The zero-order valence-corrected chi connectivity index (χ0v) is 39.8. The summed E-state index contributed by atoms with van der Waals surface area (Å²) in [6.07, 6.45) is 0. The molecule has 1 heterocycles. The van der Waals surface area contributed by atoms with Gasteiger partial charge in [-0.25, -0.2) is 0 Å². The Morgan fingerprint density at radius 1 is 0.301 bits per heavy atom. The van der Waals surface area contributed by atoms with E-state index in [1.165, 1.54) is 71.1 Å². The molecule has 0 unspecified atom stereocenters. The van der Waals surface area contributed by atoms with Crippen LogP contribution in [0.15, 0.2) is 277 Å². The average molecular weight is 928 g/mol. The van der Waals surface area contributed by atoms with Crippen LogP contribution < -0.4 is 4.90 Å². The van der Waals surface area contributed by atoms with E-state index in [1.54, 1.807) is 0 Å². The number of anilines is 3. The molecule has 0 bridgehead atoms. The number of rotatable bonds is 7. The van der Waals surface area contributed by atoms with E-state index >= 15 is 0 Å². The van der Waals surface area contributed by atoms with Crippen molar-refractivity contribution in [3.8, 4) is 33.4 Å². The molecule has 2 heteroatoms. The van der Waals surface area contributed by atoms with Gasteiger partial charge in [-0.15, -0.1) is 0 Å². The molecule has 0 spiro atoms. The minimum Gasteiger partial charge on any atom is -0.455 e. The standard InChI is InChI=1S/C71H45NO/c1-4-20-46(21-5-1)53-27-17-19-35-67(53)72(51-37-40-61-60-33-16-18-34-65(60)71(66(61)44-51,49-23-6-2-7-24-49)50-25-8-3-9-26-50)52-38-41-62-64-42-47-22-10-11-28-54(47)69(70(64)73-68(62)45-52)48-36-39-59-57-31-13-12-29-55(57)56-30-14-15-32-58(56)63(59)43-48/h1-45H. The maximum Gasteiger partial charge on any atom is 0.143 e. The van der Waals surface area contributed by atoms with Crippen molar-refractivity contribution in [2.45, 2.75) is 5.41 Å². The Morgan fingerprint density at radius 2 is 0.822 bits per heavy atom. The Balaban J connectivity index is 0.978. The topological polar surface area (TPSA) is 16.4 Å². The third-order valence-corrected chi connectivity index (χ3v) is 15.7. The molecule has 2 nitrogen and oxygen atoms in total. The van der Waals surface area contributed by atoms with E-state index in [-0.39, 0.29) is 0 Å². The molecule has 1 aromatic heterocycles. The maximum atomic E-state index is 7.33. The molecule has 0 saturated carbocycles. The summed E-state index contributed by atoms with van der Waals surface area (Å²) in [6, 6.07) is 100. The van der Waals surface area contributed by atoms with Gasteiger partial charge in [-0.1, -0.05) is 224 Å². The van der Waals surface area contributed by atoms with E-state index in [0.29, 0.717) is 0 Å². The van der Waals surface area contributed by atoms with Crippen LogP contribution in [0.1, 0.15) is 22.3 Å². The van der Waals surface area contributed by atoms with Crippen molar-refractivity contribution >= 4 is 82.1 Å². The highest BCUT2D eigenvalue weighted by molar-refractivity contribution is 6.27. The fourth-order valence-corrected chi connectivity index (χ4v) is 12.6. The van der Waals surface area contributed by atoms with Crippen molar-refractivity contribution in [1.29, 1.82) is 0 Å². The Kier molecular flexibility index (Phi) is 9.21. The molecule has 340 valence electrons. The van der Waals surface area contributed by atoms with Gasteiger partial charge in [0.05, 0.1) is 11.1 Å². The van der Waals surface area contributed by atoms with Crippen molar-refractivity contribution in [2.75, 3.05) is 4.90 Å². The van der Waals surface area contributed by atoms with Crippen molar-refractivity contribution in [1.82, 2.24) is 0 Å². The van der Waals surface area contributed by atoms with Crippen molar-refractivity contribution < 1.29 is 4.42 Å². The zero-order valence-electron chi connectivity index (χ0n) is 39.8. The minimum absolute atomic E-state index is 0.557. The smallest absolute Gasteiger partial charge is 0.143 e. The molecule has 1 aliphatic rings. The first-order valence-corrected chi connectivity index (χ1v) is 25.2. The lowest BCUT2D eigenvalue weighted by Crippen LogP contribution is -2.28. The van der Waals surface area contributed by atoms with Crippen LogP contribution in [-0.4, -0.2) is 0 Å². The number of hydrogen-bond donors (Lipinski definition) is 0. The summed E-state index contributed by atoms with van der Waals surface area (Å²) in [5, 5.41) is 12.1. The first-order chi connectivity index (χ1) is 36.2. The van der Waals surface area contributed by atoms with Crippen molar-refractivity contribution in [3.05, 3.63) is 295 Å². The summed E-state index contributed by atoms with van der Waals surface area (Å²) in [5.74, 6) is 0. The van der Waals surface area contributed by atoms with Gasteiger partial charge in [0.2, 0.25) is 0 Å². The van der Waals surface area contributed by atoms with Gasteiger partial charge in [-0.3, -0.25) is 0 Å². The zero-order chi connectivity index (χ0) is 48.0. The Morgan fingerprint density at radius 3 is 1.53 bits per heavy atom. The average Bonchev–Trinajstić information content (AvgIpc) is 3.98. The molecule has 0 aliphatic heterocycles. The molecule has 0 radical (unpaired) electrons. The van der Waals surface area contributed by atoms with E-state index in [1.807, 2.05) is 0 Å². The SMILES string of the molecule is c1ccc(-c2ccccc2N(c2ccc3c(c2)C(c2ccccc2)(c2ccccc2)c2ccccc2-3)c2ccc3c(c2)oc2c(-c4ccc5c6ccccc6c6ccccc6c5c4)c4ccccc4cc23)cc1. The highest BCUT2D eigenvalue weighted by Crippen LogP contribution is 2.58. The van der Waals surface area contributed by atoms with Gasteiger partial charge < -0.3 is 9.32 Å². The lowest BCUT2D eigenvalue weighted by atomic mass is 9.67. The molecule has 13 aromatic carbocycles. The van der Waals surface area contributed by atoms with Gasteiger partial charge in [0, 0.05) is 39.3 Å². The molecule has 0 fully saturated rings. The van der Waals surface area contributed by atoms with Crippen LogP contribution in [0.3, 0.4) is 0 Å². The first-order valence-electron chi connectivity index (χ1n) is 25.2. The first kappa shape index (κ1) is 41.3. The van der Waals surface area contributed by atoms with Gasteiger partial charge in [0.25, 0.3) is 0 Å². The Labute approximate surface area is 423 Å². The van der Waals surface area contributed by atoms with Crippen LogP contribution in [-0.2, 0) is 5.41 Å². The normalized spacial score (nSPS) is 12.8. The molecule has 0 saturated heterocycles. The summed E-state index contributed by atoms with van der Waals surface area (Å²) in [4.78, 5) is 2.44. The van der Waals surface area contributed by atoms with Crippen LogP contribution in [0.2, 0.25) is 0 Å². The molecule has 0 amide bonds. The molecule has 14 aromatic rings. The predicted molar refractivity (Wildman–Crippen MR) is 307 cm³/mol. The van der Waals surface area contributed by atoms with Crippen LogP contribution in [0.4, 0.5) is 17.1 Å². The molecule has 0 N–H and O–H groups in total. The fraction of sp³-hybridized carbons (Fsp3) is 0.0141. The van der Waals surface area contributed by atoms with E-state index < -0.39 is 5.41 Å². The number of furan rings is 1. The van der Waals surface area contributed by atoms with Crippen LogP contribution >= 0.6 is 0 Å². The van der Waals surface area contributed by atoms with Crippen molar-refractivity contribution in [3.63, 3.8) is 0 Å². The Hall–Kier alpha value is -9.50. The second kappa shape index (κ2) is 16.3. The second-order valence-electron chi connectivity index (χ2n) is 19.5. The molecule has 1 aliphatic carbocycles. The highest BCUT2D eigenvalue weighted by atomic mass is 16.3. The summed E-state index contributed by atoms with van der Waals surface area (Å²) in [5.41, 5.74) is 16.3. The third-order valence-electron chi connectivity index (χ3n) is 15.7. The number of para-hydroxylation sites is 1. The van der Waals surface area contributed by atoms with E-state index in [2.05, 4.69) is 278 Å². The number of hydrogen-bond acceptors (Lipinski definition) is 2. The molecule has 73 heavy (non-hydrogen) atoms. The van der Waals surface area contributed by atoms with E-state index in [9.17, 15) is 0 Å². The summed E-state index contributed by atoms with van der Waals surface area (Å²) in [6.45, 7) is 0. The summed E-state index contributed by atoms with van der Waals surface area (Å²) >= 11 is 0. The third kappa shape index (κ3) is 6.17. The maximum absolute atomic E-state index is 7.33. The number of nitrogens with zero attached hydrogens (tertiary/aromatic N) is 1. The van der Waals surface area contributed by atoms with Crippen LogP contribution in [0, 0.1) is 0 Å². The van der Waals surface area contributed by atoms with E-state index in [4.69, 9.17) is 4.42 Å². The lowest BCUT2D eigenvalue weighted by Gasteiger charge is -2.35. The second-order valence-corrected chi connectivity index (χ2v) is 19.5. The number of fused-ring (bicyclic) bond motifs is 13. The van der Waals surface area contributed by atoms with Gasteiger partial charge in [-0.2, -0.15) is 0 Å². The molecular weight excluding hydrogens is 883 g/mol. The fourth-order valence-electron chi connectivity index (χ4n) is 12.6. The predicted octanol–water partition coefficient (Wildman–Crippen LogP) is 19.4. The summed E-state index contributed by atoms with van der Waals surface area (Å²) < 4.78 is 7.33. The Bertz CT molecular complexity index is 4420. The monoisotopic (exact) mass is 927 g/mol. The van der Waals surface area contributed by atoms with Gasteiger partial charge in [0.1, 0.15) is 11.2 Å².